The molecule has 1 amide bonds. The summed E-state index contributed by atoms with van der Waals surface area (Å²) in [7, 11) is 3.61. The predicted octanol–water partition coefficient (Wildman–Crippen LogP) is 0.259. The van der Waals surface area contributed by atoms with Crippen LogP contribution in [-0.2, 0) is 11.3 Å². The third-order valence-corrected chi connectivity index (χ3v) is 2.57. The average molecular weight is 224 g/mol. The molecule has 90 valence electrons. The van der Waals surface area contributed by atoms with Crippen molar-refractivity contribution in [1.29, 1.82) is 0 Å². The summed E-state index contributed by atoms with van der Waals surface area (Å²) in [5, 5.41) is 2.86. The summed E-state index contributed by atoms with van der Waals surface area (Å²) in [6, 6.07) is 0. The highest BCUT2D eigenvalue weighted by Gasteiger charge is 2.06. The summed E-state index contributed by atoms with van der Waals surface area (Å²) in [5.41, 5.74) is 0. The van der Waals surface area contributed by atoms with Crippen molar-refractivity contribution in [3.8, 4) is 0 Å². The van der Waals surface area contributed by atoms with Gasteiger partial charge in [0.1, 0.15) is 5.82 Å². The highest BCUT2D eigenvalue weighted by molar-refractivity contribution is 5.77. The van der Waals surface area contributed by atoms with Crippen LogP contribution in [0.25, 0.3) is 0 Å². The van der Waals surface area contributed by atoms with Crippen molar-refractivity contribution in [2.45, 2.75) is 19.9 Å². The minimum atomic E-state index is 0.129. The van der Waals surface area contributed by atoms with E-state index in [-0.39, 0.29) is 5.91 Å². The highest BCUT2D eigenvalue weighted by Crippen LogP contribution is 1.98. The van der Waals surface area contributed by atoms with Gasteiger partial charge < -0.3 is 14.8 Å². The largest absolute Gasteiger partial charge is 0.345 e. The van der Waals surface area contributed by atoms with Gasteiger partial charge in [-0.2, -0.15) is 0 Å². The molecule has 1 heterocycles. The van der Waals surface area contributed by atoms with E-state index in [0.717, 1.165) is 25.3 Å². The van der Waals surface area contributed by atoms with E-state index in [1.165, 1.54) is 0 Å². The maximum atomic E-state index is 11.4. The van der Waals surface area contributed by atoms with Crippen molar-refractivity contribution < 1.29 is 4.79 Å². The van der Waals surface area contributed by atoms with Gasteiger partial charge in [-0.1, -0.05) is 0 Å². The maximum Gasteiger partial charge on any atom is 0.236 e. The maximum absolute atomic E-state index is 11.4. The number of carbonyl (C=O) groups excluding carboxylic acids is 1. The van der Waals surface area contributed by atoms with E-state index in [2.05, 4.69) is 14.9 Å². The number of rotatable bonds is 6. The molecule has 0 aliphatic rings. The zero-order valence-electron chi connectivity index (χ0n) is 10.2. The quantitative estimate of drug-likeness (QED) is 0.754. The number of imidazole rings is 1. The van der Waals surface area contributed by atoms with Crippen LogP contribution in [0.15, 0.2) is 12.4 Å². The lowest BCUT2D eigenvalue weighted by atomic mass is 10.3. The lowest BCUT2D eigenvalue weighted by Gasteiger charge is -2.17. The summed E-state index contributed by atoms with van der Waals surface area (Å²) < 4.78 is 2.09. The molecule has 0 saturated heterocycles. The van der Waals surface area contributed by atoms with Crippen LogP contribution in [-0.4, -0.2) is 47.5 Å². The Labute approximate surface area is 96.5 Å². The highest BCUT2D eigenvalue weighted by atomic mass is 16.2. The summed E-state index contributed by atoms with van der Waals surface area (Å²) in [6.45, 7) is 4.07. The van der Waals surface area contributed by atoms with Crippen molar-refractivity contribution in [2.75, 3.05) is 27.2 Å². The molecule has 0 unspecified atom stereocenters. The number of hydrogen-bond donors (Lipinski definition) is 1. The number of aromatic nitrogens is 2. The molecule has 16 heavy (non-hydrogen) atoms. The first-order chi connectivity index (χ1) is 7.65. The van der Waals surface area contributed by atoms with Crippen LogP contribution in [0.5, 0.6) is 0 Å². The minimum Gasteiger partial charge on any atom is -0.345 e. The van der Waals surface area contributed by atoms with Crippen molar-refractivity contribution >= 4 is 5.91 Å². The molecule has 0 spiro atoms. The SMILES string of the molecule is CNCC(=O)N(C)CCCn1ccnc1C. The van der Waals surface area contributed by atoms with E-state index < -0.39 is 0 Å². The molecule has 0 radical (unpaired) electrons. The summed E-state index contributed by atoms with van der Waals surface area (Å²) in [6.07, 6.45) is 4.71. The molecule has 0 fully saturated rings. The number of nitrogens with zero attached hydrogens (tertiary/aromatic N) is 3. The zero-order chi connectivity index (χ0) is 12.0. The van der Waals surface area contributed by atoms with Gasteiger partial charge >= 0.3 is 0 Å². The Bertz CT molecular complexity index is 334. The summed E-state index contributed by atoms with van der Waals surface area (Å²) >= 11 is 0. The minimum absolute atomic E-state index is 0.129. The number of amides is 1. The molecule has 5 nitrogen and oxygen atoms in total. The number of likely N-dealkylation sites (N-methyl/N-ethyl adjacent to an activating group) is 2. The first-order valence-corrected chi connectivity index (χ1v) is 5.51. The summed E-state index contributed by atoms with van der Waals surface area (Å²) in [5.74, 6) is 1.15. The van der Waals surface area contributed by atoms with Gasteiger partial charge in [-0.05, 0) is 20.4 Å². The molecule has 1 aromatic rings. The Kier molecular flexibility index (Phi) is 4.98. The van der Waals surface area contributed by atoms with Crippen LogP contribution >= 0.6 is 0 Å². The lowest BCUT2D eigenvalue weighted by Crippen LogP contribution is -2.35. The molecule has 5 heteroatoms. The second-order valence-corrected chi connectivity index (χ2v) is 3.87. The topological polar surface area (TPSA) is 50.2 Å². The molecule has 1 rings (SSSR count). The fourth-order valence-electron chi connectivity index (χ4n) is 1.53. The zero-order valence-corrected chi connectivity index (χ0v) is 10.2. The van der Waals surface area contributed by atoms with E-state index >= 15 is 0 Å². The van der Waals surface area contributed by atoms with Crippen molar-refractivity contribution in [2.24, 2.45) is 0 Å². The second kappa shape index (κ2) is 6.27. The molecule has 1 N–H and O–H groups in total. The first-order valence-electron chi connectivity index (χ1n) is 5.51. The fourth-order valence-corrected chi connectivity index (χ4v) is 1.53. The number of aryl methyl sites for hydroxylation is 2. The molecular formula is C11H20N4O. The van der Waals surface area contributed by atoms with Gasteiger partial charge in [-0.3, -0.25) is 4.79 Å². The normalized spacial score (nSPS) is 10.4. The number of carbonyl (C=O) groups is 1. The van der Waals surface area contributed by atoms with E-state index in [4.69, 9.17) is 0 Å². The van der Waals surface area contributed by atoms with Gasteiger partial charge in [0.05, 0.1) is 6.54 Å². The molecule has 0 aromatic carbocycles. The molecule has 0 saturated carbocycles. The average Bonchev–Trinajstić information content (AvgIpc) is 2.65. The van der Waals surface area contributed by atoms with Crippen LogP contribution in [0, 0.1) is 6.92 Å². The Balaban J connectivity index is 2.25. The van der Waals surface area contributed by atoms with Gasteiger partial charge in [0.25, 0.3) is 0 Å². The monoisotopic (exact) mass is 224 g/mol. The molecule has 1 aromatic heterocycles. The fraction of sp³-hybridized carbons (Fsp3) is 0.636. The van der Waals surface area contributed by atoms with Crippen LogP contribution < -0.4 is 5.32 Å². The van der Waals surface area contributed by atoms with E-state index in [1.807, 2.05) is 20.2 Å². The van der Waals surface area contributed by atoms with Crippen LogP contribution in [0.2, 0.25) is 0 Å². The van der Waals surface area contributed by atoms with Gasteiger partial charge in [0.2, 0.25) is 5.91 Å². The van der Waals surface area contributed by atoms with Crippen LogP contribution in [0.4, 0.5) is 0 Å². The van der Waals surface area contributed by atoms with Crippen LogP contribution in [0.3, 0.4) is 0 Å². The number of nitrogens with one attached hydrogen (secondary N) is 1. The first kappa shape index (κ1) is 12.7. The third kappa shape index (κ3) is 3.66. The Hall–Kier alpha value is -1.36. The molecular weight excluding hydrogens is 204 g/mol. The Morgan fingerprint density at radius 2 is 2.38 bits per heavy atom. The molecule has 0 atom stereocenters. The Morgan fingerprint density at radius 3 is 2.94 bits per heavy atom. The van der Waals surface area contributed by atoms with Crippen LogP contribution in [0.1, 0.15) is 12.2 Å². The van der Waals surface area contributed by atoms with E-state index in [9.17, 15) is 4.79 Å². The molecule has 0 aliphatic carbocycles. The molecule has 0 aliphatic heterocycles. The second-order valence-electron chi connectivity index (χ2n) is 3.87. The standard InChI is InChI=1S/C11H20N4O/c1-10-13-5-8-15(10)7-4-6-14(3)11(16)9-12-2/h5,8,12H,4,6-7,9H2,1-3H3. The predicted molar refractivity (Wildman–Crippen MR) is 63.1 cm³/mol. The number of hydrogen-bond acceptors (Lipinski definition) is 3. The van der Waals surface area contributed by atoms with Gasteiger partial charge in [-0.15, -0.1) is 0 Å². The van der Waals surface area contributed by atoms with Crippen molar-refractivity contribution in [3.63, 3.8) is 0 Å². The molecule has 0 bridgehead atoms. The van der Waals surface area contributed by atoms with Crippen molar-refractivity contribution in [3.05, 3.63) is 18.2 Å². The summed E-state index contributed by atoms with van der Waals surface area (Å²) in [4.78, 5) is 17.4. The Morgan fingerprint density at radius 1 is 1.62 bits per heavy atom. The third-order valence-electron chi connectivity index (χ3n) is 2.57. The van der Waals surface area contributed by atoms with Gasteiger partial charge in [-0.25, -0.2) is 4.98 Å². The smallest absolute Gasteiger partial charge is 0.236 e. The van der Waals surface area contributed by atoms with Gasteiger partial charge in [0, 0.05) is 32.5 Å². The lowest BCUT2D eigenvalue weighted by molar-refractivity contribution is -0.128. The van der Waals surface area contributed by atoms with E-state index in [1.54, 1.807) is 18.1 Å². The van der Waals surface area contributed by atoms with Gasteiger partial charge in [0.15, 0.2) is 0 Å². The van der Waals surface area contributed by atoms with Crippen molar-refractivity contribution in [1.82, 2.24) is 19.8 Å². The van der Waals surface area contributed by atoms with E-state index in [0.29, 0.717) is 6.54 Å².